The van der Waals surface area contributed by atoms with Gasteiger partial charge < -0.3 is 24.0 Å². The maximum atomic E-state index is 12.6. The number of hydrogen-bond donors (Lipinski definition) is 1. The van der Waals surface area contributed by atoms with Crippen LogP contribution in [-0.4, -0.2) is 74.7 Å². The summed E-state index contributed by atoms with van der Waals surface area (Å²) in [6.07, 6.45) is 20.3. The van der Waals surface area contributed by atoms with Crippen molar-refractivity contribution in [1.82, 2.24) is 4.90 Å². The molecule has 0 radical (unpaired) electrons. The number of carbonyl (C=O) groups is 1. The van der Waals surface area contributed by atoms with Gasteiger partial charge in [-0.05, 0) is 6.42 Å². The van der Waals surface area contributed by atoms with Crippen molar-refractivity contribution >= 4 is 13.9 Å². The largest absolute Gasteiger partial charge is 0.472 e. The highest BCUT2D eigenvalue weighted by atomic mass is 31.2. The first-order chi connectivity index (χ1) is 20.5. The van der Waals surface area contributed by atoms with Crippen LogP contribution < -0.4 is 4.57 Å². The van der Waals surface area contributed by atoms with Crippen LogP contribution in [0.25, 0.3) is 0 Å². The molecule has 0 saturated carbocycles. The van der Waals surface area contributed by atoms with Crippen LogP contribution in [0.5, 0.6) is 0 Å². The first-order valence-electron chi connectivity index (χ1n) is 16.2. The number of aromatic nitrogens is 1. The van der Waals surface area contributed by atoms with Crippen molar-refractivity contribution in [3.63, 3.8) is 0 Å². The van der Waals surface area contributed by atoms with Gasteiger partial charge in [-0.1, -0.05) is 96.5 Å². The molecule has 1 aliphatic rings. The predicted molar refractivity (Wildman–Crippen MR) is 162 cm³/mol. The van der Waals surface area contributed by atoms with Gasteiger partial charge in [-0.15, -0.1) is 0 Å². The number of phosphoric acid groups is 1. The predicted octanol–water partition coefficient (Wildman–Crippen LogP) is 6.44. The van der Waals surface area contributed by atoms with Crippen molar-refractivity contribution in [2.45, 2.75) is 109 Å². The molecule has 1 aromatic heterocycles. The molecule has 1 fully saturated rings. The van der Waals surface area contributed by atoms with E-state index in [1.54, 1.807) is 4.90 Å². The van der Waals surface area contributed by atoms with Gasteiger partial charge in [0.25, 0.3) is 0 Å². The second kappa shape index (κ2) is 23.9. The van der Waals surface area contributed by atoms with Crippen LogP contribution in [0.1, 0.15) is 96.8 Å². The molecule has 1 amide bonds. The fraction of sp³-hybridized carbons (Fsp3) is 0.806. The van der Waals surface area contributed by atoms with Crippen LogP contribution in [0.2, 0.25) is 0 Å². The van der Waals surface area contributed by atoms with E-state index < -0.39 is 20.0 Å². The Bertz CT molecular complexity index is 841. The quantitative estimate of drug-likeness (QED) is 0.0761. The third kappa shape index (κ3) is 18.9. The second-order valence-corrected chi connectivity index (χ2v) is 12.4. The third-order valence-corrected chi connectivity index (χ3v) is 8.27. The van der Waals surface area contributed by atoms with E-state index in [2.05, 4.69) is 6.92 Å². The Morgan fingerprint density at radius 1 is 0.833 bits per heavy atom. The van der Waals surface area contributed by atoms with Crippen LogP contribution in [0, 0.1) is 0 Å². The molecule has 1 aromatic rings. The van der Waals surface area contributed by atoms with E-state index in [1.165, 1.54) is 77.0 Å². The Morgan fingerprint density at radius 3 is 2.00 bits per heavy atom. The maximum absolute atomic E-state index is 12.6. The van der Waals surface area contributed by atoms with E-state index in [0.717, 1.165) is 12.8 Å². The highest BCUT2D eigenvalue weighted by Gasteiger charge is 2.27. The van der Waals surface area contributed by atoms with E-state index in [-0.39, 0.29) is 19.8 Å². The highest BCUT2D eigenvalue weighted by Crippen LogP contribution is 2.43. The van der Waals surface area contributed by atoms with Gasteiger partial charge in [0, 0.05) is 31.8 Å². The summed E-state index contributed by atoms with van der Waals surface area (Å²) < 4.78 is 41.2. The molecule has 0 aromatic carbocycles. The second-order valence-electron chi connectivity index (χ2n) is 11.0. The lowest BCUT2D eigenvalue weighted by atomic mass is 10.0. The molecular formula is C31H56N2O8P+. The summed E-state index contributed by atoms with van der Waals surface area (Å²) in [5.41, 5.74) is 0. The minimum atomic E-state index is -4.33. The zero-order chi connectivity index (χ0) is 30.1. The summed E-state index contributed by atoms with van der Waals surface area (Å²) in [4.78, 5) is 24.3. The topological polar surface area (TPSA) is 108 Å². The zero-order valence-corrected chi connectivity index (χ0v) is 26.8. The number of nitrogens with zero attached hydrogens (tertiary/aromatic N) is 2. The minimum absolute atomic E-state index is 0.00366. The summed E-state index contributed by atoms with van der Waals surface area (Å²) in [5.74, 6) is 0. The number of carbonyl (C=O) groups excluding carboxylic acids is 1. The molecule has 2 atom stereocenters. The van der Waals surface area contributed by atoms with Crippen molar-refractivity contribution in [1.29, 1.82) is 0 Å². The molecule has 0 aliphatic carbocycles. The highest BCUT2D eigenvalue weighted by molar-refractivity contribution is 7.47. The van der Waals surface area contributed by atoms with Crippen LogP contribution in [0.3, 0.4) is 0 Å². The number of phosphoric ester groups is 1. The fourth-order valence-electron chi connectivity index (χ4n) is 4.75. The monoisotopic (exact) mass is 615 g/mol. The Hall–Kier alpha value is -1.55. The lowest BCUT2D eigenvalue weighted by Crippen LogP contribution is -2.43. The number of pyridine rings is 1. The van der Waals surface area contributed by atoms with Crippen molar-refractivity contribution in [2.75, 3.05) is 52.7 Å². The van der Waals surface area contributed by atoms with Gasteiger partial charge in [0.05, 0.1) is 26.4 Å². The molecule has 2 unspecified atom stereocenters. The summed E-state index contributed by atoms with van der Waals surface area (Å²) >= 11 is 0. The Labute approximate surface area is 253 Å². The molecule has 11 heteroatoms. The van der Waals surface area contributed by atoms with Gasteiger partial charge >= 0.3 is 13.9 Å². The molecule has 1 aliphatic heterocycles. The van der Waals surface area contributed by atoms with Crippen molar-refractivity contribution < 1.29 is 42.1 Å². The SMILES string of the molecule is CCCCCCCCCCCCCCCCOCC(COP(=O)(O)OCC[n+]1ccccc1)OC(=O)N1CCOCC1. The Kier molecular flexibility index (Phi) is 20.8. The zero-order valence-electron chi connectivity index (χ0n) is 25.9. The van der Waals surface area contributed by atoms with E-state index in [0.29, 0.717) is 39.5 Å². The lowest BCUT2D eigenvalue weighted by molar-refractivity contribution is -0.697. The maximum Gasteiger partial charge on any atom is 0.472 e. The van der Waals surface area contributed by atoms with Gasteiger partial charge in [-0.2, -0.15) is 0 Å². The molecular weight excluding hydrogens is 559 g/mol. The summed E-state index contributed by atoms with van der Waals surface area (Å²) in [5, 5.41) is 0. The molecule has 2 rings (SSSR count). The summed E-state index contributed by atoms with van der Waals surface area (Å²) in [6, 6.07) is 5.61. The average molecular weight is 616 g/mol. The normalized spacial score (nSPS) is 15.8. The van der Waals surface area contributed by atoms with Crippen molar-refractivity contribution in [2.24, 2.45) is 0 Å². The first-order valence-corrected chi connectivity index (χ1v) is 17.7. The number of hydrogen-bond acceptors (Lipinski definition) is 7. The van der Waals surface area contributed by atoms with Gasteiger partial charge in [0.2, 0.25) is 0 Å². The van der Waals surface area contributed by atoms with E-state index in [4.69, 9.17) is 23.3 Å². The van der Waals surface area contributed by atoms with Crippen LogP contribution >= 0.6 is 7.82 Å². The standard InChI is InChI=1S/C31H55N2O8P/c1-2-3-4-5-6-7-8-9-10-11-12-13-14-18-24-38-28-30(41-31(34)33-22-25-37-26-23-33)29-40-42(35,36)39-27-21-32-19-16-15-17-20-32/h15-17,19-20,30H,2-14,18,21-29H2,1H3/p+1. The van der Waals surface area contributed by atoms with E-state index in [1.807, 2.05) is 35.2 Å². The fourth-order valence-corrected chi connectivity index (χ4v) is 5.49. The van der Waals surface area contributed by atoms with Gasteiger partial charge in [0.1, 0.15) is 6.61 Å². The lowest BCUT2D eigenvalue weighted by Gasteiger charge is -2.28. The Balaban J connectivity index is 1.59. The molecule has 1 N–H and O–H groups in total. The van der Waals surface area contributed by atoms with Gasteiger partial charge in [0.15, 0.2) is 25.0 Å². The number of amides is 1. The molecule has 0 spiro atoms. The van der Waals surface area contributed by atoms with Crippen LogP contribution in [-0.2, 0) is 34.4 Å². The number of unbranched alkanes of at least 4 members (excludes halogenated alkanes) is 13. The van der Waals surface area contributed by atoms with E-state index >= 15 is 0 Å². The molecule has 0 bridgehead atoms. The van der Waals surface area contributed by atoms with Crippen molar-refractivity contribution in [3.8, 4) is 0 Å². The smallest absolute Gasteiger partial charge is 0.441 e. The third-order valence-electron chi connectivity index (χ3n) is 7.29. The number of ether oxygens (including phenoxy) is 3. The molecule has 10 nitrogen and oxygen atoms in total. The van der Waals surface area contributed by atoms with Crippen LogP contribution in [0.4, 0.5) is 4.79 Å². The average Bonchev–Trinajstić information content (AvgIpc) is 3.00. The van der Waals surface area contributed by atoms with E-state index in [9.17, 15) is 14.3 Å². The summed E-state index contributed by atoms with van der Waals surface area (Å²) in [7, 11) is -4.33. The summed E-state index contributed by atoms with van der Waals surface area (Å²) in [6.45, 7) is 4.73. The molecule has 1 saturated heterocycles. The molecule has 42 heavy (non-hydrogen) atoms. The minimum Gasteiger partial charge on any atom is -0.441 e. The number of morpholine rings is 1. The van der Waals surface area contributed by atoms with Crippen LogP contribution in [0.15, 0.2) is 30.6 Å². The van der Waals surface area contributed by atoms with Gasteiger partial charge in [-0.3, -0.25) is 9.05 Å². The van der Waals surface area contributed by atoms with Crippen molar-refractivity contribution in [3.05, 3.63) is 30.6 Å². The molecule has 242 valence electrons. The number of rotatable bonds is 25. The Morgan fingerprint density at radius 2 is 1.40 bits per heavy atom. The van der Waals surface area contributed by atoms with Gasteiger partial charge in [-0.25, -0.2) is 13.9 Å². The molecule has 2 heterocycles. The first kappa shape index (κ1) is 36.6.